The van der Waals surface area contributed by atoms with Crippen LogP contribution in [0.15, 0.2) is 24.3 Å². The molecule has 0 N–H and O–H groups in total. The molecule has 1 aromatic carbocycles. The summed E-state index contributed by atoms with van der Waals surface area (Å²) in [7, 11) is -2.77. The van der Waals surface area contributed by atoms with Crippen molar-refractivity contribution in [2.45, 2.75) is 45.4 Å². The lowest BCUT2D eigenvalue weighted by atomic mass is 9.95. The van der Waals surface area contributed by atoms with Crippen LogP contribution in [0, 0.1) is 11.8 Å². The topological polar surface area (TPSA) is 37.4 Å². The minimum Gasteiger partial charge on any atom is -0.303 e. The van der Waals surface area contributed by atoms with Crippen molar-refractivity contribution in [2.24, 2.45) is 11.8 Å². The number of hydrogen-bond acceptors (Lipinski definition) is 3. The molecular formula is C20H31NO2S. The van der Waals surface area contributed by atoms with Gasteiger partial charge >= 0.3 is 0 Å². The molecule has 2 saturated heterocycles. The van der Waals surface area contributed by atoms with Crippen LogP contribution in [-0.2, 0) is 16.3 Å². The van der Waals surface area contributed by atoms with E-state index in [0.29, 0.717) is 23.3 Å². The second kappa shape index (κ2) is 7.57. The van der Waals surface area contributed by atoms with E-state index >= 15 is 0 Å². The summed E-state index contributed by atoms with van der Waals surface area (Å²) in [5.41, 5.74) is 2.84. The van der Waals surface area contributed by atoms with Crippen molar-refractivity contribution in [3.8, 4) is 0 Å². The van der Waals surface area contributed by atoms with E-state index in [0.717, 1.165) is 44.8 Å². The number of likely N-dealkylation sites (tertiary alicyclic amines) is 1. The monoisotopic (exact) mass is 349 g/mol. The van der Waals surface area contributed by atoms with E-state index in [1.807, 2.05) is 0 Å². The summed E-state index contributed by atoms with van der Waals surface area (Å²) in [6.45, 7) is 7.69. The van der Waals surface area contributed by atoms with Crippen LogP contribution in [0.5, 0.6) is 0 Å². The zero-order valence-electron chi connectivity index (χ0n) is 15.1. The highest BCUT2D eigenvalue weighted by molar-refractivity contribution is 7.91. The van der Waals surface area contributed by atoms with Crippen molar-refractivity contribution in [1.29, 1.82) is 0 Å². The highest BCUT2D eigenvalue weighted by Crippen LogP contribution is 2.25. The van der Waals surface area contributed by atoms with Crippen LogP contribution in [0.3, 0.4) is 0 Å². The van der Waals surface area contributed by atoms with Gasteiger partial charge in [-0.05, 0) is 61.1 Å². The zero-order chi connectivity index (χ0) is 17.2. The average Bonchev–Trinajstić information content (AvgIpc) is 2.94. The molecule has 0 spiro atoms. The van der Waals surface area contributed by atoms with E-state index in [2.05, 4.69) is 43.0 Å². The molecule has 0 unspecified atom stereocenters. The Hall–Kier alpha value is -0.870. The Morgan fingerprint density at radius 3 is 2.54 bits per heavy atom. The van der Waals surface area contributed by atoms with Crippen LogP contribution in [0.25, 0.3) is 0 Å². The third kappa shape index (κ3) is 4.82. The third-order valence-electron chi connectivity index (χ3n) is 5.61. The molecule has 2 heterocycles. The minimum absolute atomic E-state index is 0.354. The molecule has 3 nitrogen and oxygen atoms in total. The van der Waals surface area contributed by atoms with Crippen molar-refractivity contribution in [1.82, 2.24) is 4.90 Å². The van der Waals surface area contributed by atoms with Gasteiger partial charge < -0.3 is 4.90 Å². The molecule has 0 aromatic heterocycles. The molecule has 0 bridgehead atoms. The lowest BCUT2D eigenvalue weighted by molar-refractivity contribution is 0.267. The van der Waals surface area contributed by atoms with Gasteiger partial charge in [0.2, 0.25) is 0 Å². The summed E-state index contributed by atoms with van der Waals surface area (Å²) in [5.74, 6) is 2.47. The second-order valence-electron chi connectivity index (χ2n) is 8.14. The smallest absolute Gasteiger partial charge is 0.150 e. The fourth-order valence-electron chi connectivity index (χ4n) is 4.24. The molecule has 0 saturated carbocycles. The maximum absolute atomic E-state index is 11.8. The van der Waals surface area contributed by atoms with Crippen molar-refractivity contribution in [2.75, 3.05) is 31.1 Å². The van der Waals surface area contributed by atoms with Gasteiger partial charge in [-0.25, -0.2) is 8.42 Å². The van der Waals surface area contributed by atoms with E-state index in [-0.39, 0.29) is 0 Å². The highest BCUT2D eigenvalue weighted by Gasteiger charge is 2.29. The van der Waals surface area contributed by atoms with Crippen molar-refractivity contribution >= 4 is 9.84 Å². The van der Waals surface area contributed by atoms with E-state index in [1.54, 1.807) is 0 Å². The summed E-state index contributed by atoms with van der Waals surface area (Å²) < 4.78 is 23.6. The molecule has 24 heavy (non-hydrogen) atoms. The Labute approximate surface area is 147 Å². The van der Waals surface area contributed by atoms with Gasteiger partial charge in [0.15, 0.2) is 9.84 Å². The van der Waals surface area contributed by atoms with Crippen LogP contribution in [-0.4, -0.2) is 44.5 Å². The van der Waals surface area contributed by atoms with Crippen LogP contribution >= 0.6 is 0 Å². The Kier molecular flexibility index (Phi) is 5.66. The van der Waals surface area contributed by atoms with E-state index in [9.17, 15) is 8.42 Å². The van der Waals surface area contributed by atoms with Crippen LogP contribution in [0.1, 0.15) is 50.2 Å². The maximum Gasteiger partial charge on any atom is 0.150 e. The van der Waals surface area contributed by atoms with E-state index in [1.165, 1.54) is 17.5 Å². The zero-order valence-corrected chi connectivity index (χ0v) is 15.9. The Morgan fingerprint density at radius 2 is 1.88 bits per heavy atom. The lowest BCUT2D eigenvalue weighted by Gasteiger charge is -2.26. The summed E-state index contributed by atoms with van der Waals surface area (Å²) in [6.07, 6.45) is 4.33. The van der Waals surface area contributed by atoms with Gasteiger partial charge in [-0.15, -0.1) is 0 Å². The molecule has 2 atom stereocenters. The first-order valence-electron chi connectivity index (χ1n) is 9.43. The standard InChI is InChI=1S/C20H31NO2S/c1-16(2)20-7-5-17(6-8-20)12-18-9-10-21(13-18)14-19-4-3-11-24(22,23)15-19/h5-8,16,18-19H,3-4,9-15H2,1-2H3/t18-,19+/m1/s1. The van der Waals surface area contributed by atoms with Crippen LogP contribution in [0.2, 0.25) is 0 Å². The van der Waals surface area contributed by atoms with Crippen LogP contribution in [0.4, 0.5) is 0 Å². The number of rotatable bonds is 5. The summed E-state index contributed by atoms with van der Waals surface area (Å²) in [4.78, 5) is 2.50. The molecule has 2 aliphatic heterocycles. The Balaban J connectivity index is 1.48. The number of hydrogen-bond donors (Lipinski definition) is 0. The third-order valence-corrected chi connectivity index (χ3v) is 7.50. The number of sulfone groups is 1. The van der Waals surface area contributed by atoms with Gasteiger partial charge in [0, 0.05) is 13.1 Å². The summed E-state index contributed by atoms with van der Waals surface area (Å²) in [5, 5.41) is 0. The first-order valence-corrected chi connectivity index (χ1v) is 11.2. The lowest BCUT2D eigenvalue weighted by Crippen LogP contribution is -2.35. The molecule has 1 aromatic rings. The largest absolute Gasteiger partial charge is 0.303 e. The predicted molar refractivity (Wildman–Crippen MR) is 100 cm³/mol. The second-order valence-corrected chi connectivity index (χ2v) is 10.4. The Morgan fingerprint density at radius 1 is 1.12 bits per heavy atom. The molecule has 3 rings (SSSR count). The van der Waals surface area contributed by atoms with Crippen molar-refractivity contribution in [3.05, 3.63) is 35.4 Å². The molecule has 134 valence electrons. The SMILES string of the molecule is CC(C)c1ccc(C[C@H]2CCN(C[C@@H]3CCCS(=O)(=O)C3)C2)cc1. The maximum atomic E-state index is 11.8. The average molecular weight is 350 g/mol. The molecule has 4 heteroatoms. The fourth-order valence-corrected chi connectivity index (χ4v) is 6.01. The van der Waals surface area contributed by atoms with Gasteiger partial charge in [0.25, 0.3) is 0 Å². The van der Waals surface area contributed by atoms with Gasteiger partial charge in [-0.3, -0.25) is 0 Å². The summed E-state index contributed by atoms with van der Waals surface area (Å²) >= 11 is 0. The first-order chi connectivity index (χ1) is 11.4. The Bertz CT molecular complexity index is 636. The molecule has 2 aliphatic rings. The quantitative estimate of drug-likeness (QED) is 0.816. The molecule has 2 fully saturated rings. The van der Waals surface area contributed by atoms with Gasteiger partial charge in [-0.1, -0.05) is 38.1 Å². The van der Waals surface area contributed by atoms with E-state index < -0.39 is 9.84 Å². The number of benzene rings is 1. The van der Waals surface area contributed by atoms with Gasteiger partial charge in [0.1, 0.15) is 0 Å². The highest BCUT2D eigenvalue weighted by atomic mass is 32.2. The predicted octanol–water partition coefficient (Wildman–Crippen LogP) is 3.50. The first kappa shape index (κ1) is 17.9. The van der Waals surface area contributed by atoms with Gasteiger partial charge in [-0.2, -0.15) is 0 Å². The molecular weight excluding hydrogens is 318 g/mol. The minimum atomic E-state index is -2.77. The summed E-state index contributed by atoms with van der Waals surface area (Å²) in [6, 6.07) is 9.09. The molecule has 0 aliphatic carbocycles. The van der Waals surface area contributed by atoms with Crippen LogP contribution < -0.4 is 0 Å². The molecule has 0 amide bonds. The van der Waals surface area contributed by atoms with E-state index in [4.69, 9.17) is 0 Å². The van der Waals surface area contributed by atoms with Crippen molar-refractivity contribution < 1.29 is 8.42 Å². The molecule has 0 radical (unpaired) electrons. The number of nitrogens with zero attached hydrogens (tertiary/aromatic N) is 1. The van der Waals surface area contributed by atoms with Gasteiger partial charge in [0.05, 0.1) is 11.5 Å². The van der Waals surface area contributed by atoms with Crippen molar-refractivity contribution in [3.63, 3.8) is 0 Å². The fraction of sp³-hybridized carbons (Fsp3) is 0.700. The normalized spacial score (nSPS) is 27.6.